The van der Waals surface area contributed by atoms with Crippen LogP contribution in [0.5, 0.6) is 0 Å². The van der Waals surface area contributed by atoms with E-state index in [4.69, 9.17) is 5.11 Å². The van der Waals surface area contributed by atoms with Gasteiger partial charge in [0.25, 0.3) is 0 Å². The normalized spacial score (nSPS) is 6.50. The fourth-order valence-electron chi connectivity index (χ4n) is 0.932. The van der Waals surface area contributed by atoms with E-state index < -0.39 is 0 Å². The number of hydrogen-bond donors (Lipinski definition) is 1. The average molecular weight is 232 g/mol. The molecule has 1 rings (SSSR count). The quantitative estimate of drug-likeness (QED) is 0.789. The first-order chi connectivity index (χ1) is 7.33. The highest BCUT2D eigenvalue weighted by Crippen LogP contribution is 2.03. The summed E-state index contributed by atoms with van der Waals surface area (Å²) in [6, 6.07) is 8.61. The number of aryl methyl sites for hydroxylation is 2. The molecule has 0 atom stereocenters. The van der Waals surface area contributed by atoms with Gasteiger partial charge in [0.15, 0.2) is 0 Å². The highest BCUT2D eigenvalue weighted by Gasteiger charge is 1.85. The molecule has 2 heteroatoms. The predicted molar refractivity (Wildman–Crippen MR) is 77.1 cm³/mol. The van der Waals surface area contributed by atoms with Crippen molar-refractivity contribution in [3.63, 3.8) is 0 Å². The number of hydrogen-bond acceptors (Lipinski definition) is 1. The smallest absolute Gasteiger partial charge is 0.0319 e. The molecule has 1 aromatic rings. The van der Waals surface area contributed by atoms with Crippen LogP contribution in [0.4, 0.5) is 0 Å². The first kappa shape index (κ1) is 24.4. The summed E-state index contributed by atoms with van der Waals surface area (Å²) in [5.41, 5.74) is 2.78. The van der Waals surface area contributed by atoms with Gasteiger partial charge in [0.2, 0.25) is 0 Å². The van der Waals surface area contributed by atoms with Crippen LogP contribution in [0.1, 0.15) is 47.2 Å². The first-order valence-corrected chi connectivity index (χ1v) is 5.83. The van der Waals surface area contributed by atoms with Crippen LogP contribution in [0.3, 0.4) is 0 Å². The molecular formula is C14H32O2. The summed E-state index contributed by atoms with van der Waals surface area (Å²) in [4.78, 5) is 0. The van der Waals surface area contributed by atoms with Crippen LogP contribution >= 0.6 is 0 Å². The van der Waals surface area contributed by atoms with E-state index in [1.165, 1.54) is 11.1 Å². The van der Waals surface area contributed by atoms with Gasteiger partial charge in [0, 0.05) is 8.54 Å². The SMILES string of the molecule is CC.CC.CCc1cccc(C)c1.CO.O.[HH]. The second kappa shape index (κ2) is 23.7. The fourth-order valence-corrected chi connectivity index (χ4v) is 0.932. The third-order valence-corrected chi connectivity index (χ3v) is 1.49. The molecule has 0 saturated carbocycles. The van der Waals surface area contributed by atoms with Crippen molar-refractivity contribution in [1.29, 1.82) is 0 Å². The highest BCUT2D eigenvalue weighted by atomic mass is 16.2. The summed E-state index contributed by atoms with van der Waals surface area (Å²) < 4.78 is 0. The monoisotopic (exact) mass is 232 g/mol. The molecule has 0 amide bonds. The number of aliphatic hydroxyl groups is 1. The Morgan fingerprint density at radius 3 is 1.75 bits per heavy atom. The van der Waals surface area contributed by atoms with Crippen molar-refractivity contribution in [3.8, 4) is 0 Å². The van der Waals surface area contributed by atoms with Crippen LogP contribution in [0, 0.1) is 6.92 Å². The molecule has 0 aliphatic rings. The van der Waals surface area contributed by atoms with Gasteiger partial charge in [-0.25, -0.2) is 0 Å². The van der Waals surface area contributed by atoms with Crippen molar-refractivity contribution in [3.05, 3.63) is 35.4 Å². The van der Waals surface area contributed by atoms with Gasteiger partial charge in [-0.3, -0.25) is 0 Å². The minimum absolute atomic E-state index is 0. The van der Waals surface area contributed by atoms with Gasteiger partial charge < -0.3 is 10.6 Å². The molecule has 3 N–H and O–H groups in total. The van der Waals surface area contributed by atoms with Crippen molar-refractivity contribution in [2.45, 2.75) is 48.0 Å². The summed E-state index contributed by atoms with van der Waals surface area (Å²) in [5.74, 6) is 0. The molecule has 0 fully saturated rings. The molecule has 0 saturated heterocycles. The van der Waals surface area contributed by atoms with E-state index in [9.17, 15) is 0 Å². The molecule has 1 aromatic carbocycles. The number of rotatable bonds is 1. The lowest BCUT2D eigenvalue weighted by atomic mass is 10.1. The number of benzene rings is 1. The molecule has 0 radical (unpaired) electrons. The molecule has 0 aliphatic heterocycles. The Hall–Kier alpha value is -0.860. The molecule has 0 spiro atoms. The molecule has 0 aliphatic carbocycles. The summed E-state index contributed by atoms with van der Waals surface area (Å²) >= 11 is 0. The van der Waals surface area contributed by atoms with Crippen LogP contribution in [0.15, 0.2) is 24.3 Å². The number of aliphatic hydroxyl groups excluding tert-OH is 1. The summed E-state index contributed by atoms with van der Waals surface area (Å²) in [6.07, 6.45) is 1.14. The topological polar surface area (TPSA) is 51.7 Å². The first-order valence-electron chi connectivity index (χ1n) is 5.83. The maximum atomic E-state index is 7.00. The van der Waals surface area contributed by atoms with Crippen LogP contribution in [-0.2, 0) is 6.42 Å². The third kappa shape index (κ3) is 15.6. The molecule has 16 heavy (non-hydrogen) atoms. The second-order valence-corrected chi connectivity index (χ2v) is 2.34. The van der Waals surface area contributed by atoms with Crippen molar-refractivity contribution < 1.29 is 12.0 Å². The summed E-state index contributed by atoms with van der Waals surface area (Å²) in [7, 11) is 1.00. The molecule has 0 bridgehead atoms. The van der Waals surface area contributed by atoms with Gasteiger partial charge in [-0.15, -0.1) is 0 Å². The van der Waals surface area contributed by atoms with Crippen molar-refractivity contribution in [2.24, 2.45) is 0 Å². The van der Waals surface area contributed by atoms with Gasteiger partial charge in [0.1, 0.15) is 0 Å². The Labute approximate surface area is 103 Å². The zero-order chi connectivity index (χ0) is 12.7. The van der Waals surface area contributed by atoms with E-state index in [-0.39, 0.29) is 6.90 Å². The maximum Gasteiger partial charge on any atom is 0.0319 e. The van der Waals surface area contributed by atoms with Crippen molar-refractivity contribution >= 4 is 0 Å². The highest BCUT2D eigenvalue weighted by molar-refractivity contribution is 5.21. The van der Waals surface area contributed by atoms with E-state index in [0.717, 1.165) is 13.5 Å². The van der Waals surface area contributed by atoms with Crippen LogP contribution < -0.4 is 0 Å². The lowest BCUT2D eigenvalue weighted by Gasteiger charge is -1.95. The molecule has 0 unspecified atom stereocenters. The Bertz CT molecular complexity index is 203. The van der Waals surface area contributed by atoms with Crippen LogP contribution in [0.2, 0.25) is 0 Å². The van der Waals surface area contributed by atoms with Crippen molar-refractivity contribution in [2.75, 3.05) is 7.11 Å². The maximum absolute atomic E-state index is 7.00. The summed E-state index contributed by atoms with van der Waals surface area (Å²) in [5, 5.41) is 7.00. The lowest BCUT2D eigenvalue weighted by molar-refractivity contribution is 0.399. The van der Waals surface area contributed by atoms with Crippen LogP contribution in [-0.4, -0.2) is 17.7 Å². The molecular weight excluding hydrogens is 200 g/mol. The largest absolute Gasteiger partial charge is 0.412 e. The van der Waals surface area contributed by atoms with Gasteiger partial charge in [-0.2, -0.15) is 0 Å². The van der Waals surface area contributed by atoms with Gasteiger partial charge in [-0.1, -0.05) is 64.4 Å². The predicted octanol–water partition coefficient (Wildman–Crippen LogP) is 3.64. The average Bonchev–Trinajstić information content (AvgIpc) is 2.36. The molecule has 100 valence electrons. The zero-order valence-corrected chi connectivity index (χ0v) is 12.0. The van der Waals surface area contributed by atoms with Crippen molar-refractivity contribution in [1.82, 2.24) is 0 Å². The van der Waals surface area contributed by atoms with E-state index in [0.29, 0.717) is 0 Å². The lowest BCUT2D eigenvalue weighted by Crippen LogP contribution is -1.78. The zero-order valence-electron chi connectivity index (χ0n) is 12.0. The minimum Gasteiger partial charge on any atom is -0.412 e. The van der Waals surface area contributed by atoms with Gasteiger partial charge in [0.05, 0.1) is 0 Å². The standard InChI is InChI=1S/C9H12.2C2H6.CH4O.H2O.H2/c1-3-9-6-4-5-8(2)7-9;3*1-2;;/h4-7H,3H2,1-2H3;2*1-2H3;2H,1H3;1H2;1H. The molecule has 0 heterocycles. The Kier molecular flexibility index (Phi) is 36.2. The minimum atomic E-state index is 0. The van der Waals surface area contributed by atoms with E-state index >= 15 is 0 Å². The molecule has 0 aromatic heterocycles. The molecule has 2 nitrogen and oxygen atoms in total. The van der Waals surface area contributed by atoms with Gasteiger partial charge in [-0.05, 0) is 18.9 Å². The van der Waals surface area contributed by atoms with Gasteiger partial charge >= 0.3 is 0 Å². The third-order valence-electron chi connectivity index (χ3n) is 1.49. The Morgan fingerprint density at radius 1 is 1.06 bits per heavy atom. The summed E-state index contributed by atoms with van der Waals surface area (Å²) in [6.45, 7) is 12.3. The van der Waals surface area contributed by atoms with E-state index in [2.05, 4.69) is 38.1 Å². The Morgan fingerprint density at radius 2 is 1.50 bits per heavy atom. The van der Waals surface area contributed by atoms with E-state index in [1.54, 1.807) is 0 Å². The van der Waals surface area contributed by atoms with E-state index in [1.807, 2.05) is 27.7 Å². The van der Waals surface area contributed by atoms with Crippen LogP contribution in [0.25, 0.3) is 0 Å². The fraction of sp³-hybridized carbons (Fsp3) is 0.571. The second-order valence-electron chi connectivity index (χ2n) is 2.34. The Balaban J connectivity index is -0.0000000530.